The molecule has 2 aromatic rings. The Bertz CT molecular complexity index is 568. The van der Waals surface area contributed by atoms with Crippen LogP contribution in [0, 0.1) is 0 Å². The Morgan fingerprint density at radius 3 is 2.80 bits per heavy atom. The average molecular weight is 209 g/mol. The number of H-pyrrole nitrogens is 1. The van der Waals surface area contributed by atoms with Crippen LogP contribution in [0.4, 0.5) is 5.95 Å². The molecule has 2 heterocycles. The van der Waals surface area contributed by atoms with Crippen molar-refractivity contribution in [2.45, 2.75) is 19.8 Å². The zero-order chi connectivity index (χ0) is 11.2. The number of anilines is 1. The van der Waals surface area contributed by atoms with Gasteiger partial charge in [0.2, 0.25) is 17.6 Å². The van der Waals surface area contributed by atoms with Crippen molar-refractivity contribution in [2.75, 3.05) is 5.73 Å². The van der Waals surface area contributed by atoms with Gasteiger partial charge in [-0.2, -0.15) is 9.50 Å². The van der Waals surface area contributed by atoms with Gasteiger partial charge in [-0.15, -0.1) is 5.10 Å². The summed E-state index contributed by atoms with van der Waals surface area (Å²) >= 11 is 0. The van der Waals surface area contributed by atoms with E-state index in [-0.39, 0.29) is 34.6 Å². The first-order valence-electron chi connectivity index (χ1n) is 4.48. The Kier molecular flexibility index (Phi) is 1.88. The average Bonchev–Trinajstić information content (AvgIpc) is 2.45. The molecule has 0 unspecified atom stereocenters. The largest absolute Gasteiger partial charge is 0.493 e. The molecule has 0 bridgehead atoms. The molecule has 0 spiro atoms. The number of aromatic nitrogens is 4. The molecule has 0 saturated carbocycles. The fraction of sp³-hybridized carbons (Fsp3) is 0.375. The van der Waals surface area contributed by atoms with Gasteiger partial charge in [0.05, 0.1) is 5.56 Å². The van der Waals surface area contributed by atoms with Crippen molar-refractivity contribution in [3.63, 3.8) is 0 Å². The quantitative estimate of drug-likeness (QED) is 0.604. The molecule has 0 aliphatic heterocycles. The van der Waals surface area contributed by atoms with Gasteiger partial charge in [0, 0.05) is 0 Å². The number of nitrogens with zero attached hydrogens (tertiary/aromatic N) is 3. The monoisotopic (exact) mass is 209 g/mol. The van der Waals surface area contributed by atoms with E-state index in [4.69, 9.17) is 5.73 Å². The van der Waals surface area contributed by atoms with E-state index in [2.05, 4.69) is 15.1 Å². The van der Waals surface area contributed by atoms with E-state index in [0.29, 0.717) is 0 Å². The SMILES string of the molecule is CC(C)c1c(O)n2nc(N)nc2[nH]c1=O. The second-order valence-electron chi connectivity index (χ2n) is 3.55. The summed E-state index contributed by atoms with van der Waals surface area (Å²) in [5.41, 5.74) is 5.26. The van der Waals surface area contributed by atoms with E-state index in [1.54, 1.807) is 13.8 Å². The number of nitrogens with one attached hydrogen (secondary N) is 1. The number of hydrogen-bond donors (Lipinski definition) is 3. The number of hydrogen-bond acceptors (Lipinski definition) is 5. The lowest BCUT2D eigenvalue weighted by Crippen LogP contribution is -2.17. The highest BCUT2D eigenvalue weighted by Crippen LogP contribution is 2.20. The summed E-state index contributed by atoms with van der Waals surface area (Å²) in [6, 6.07) is 0. The highest BCUT2D eigenvalue weighted by atomic mass is 16.3. The van der Waals surface area contributed by atoms with E-state index in [1.165, 1.54) is 0 Å². The van der Waals surface area contributed by atoms with Gasteiger partial charge in [-0.05, 0) is 5.92 Å². The van der Waals surface area contributed by atoms with Gasteiger partial charge in [-0.25, -0.2) is 0 Å². The van der Waals surface area contributed by atoms with Gasteiger partial charge in [0.15, 0.2) is 0 Å². The molecule has 0 aliphatic rings. The van der Waals surface area contributed by atoms with E-state index in [0.717, 1.165) is 4.52 Å². The van der Waals surface area contributed by atoms with Crippen molar-refractivity contribution in [2.24, 2.45) is 0 Å². The highest BCUT2D eigenvalue weighted by Gasteiger charge is 2.16. The molecule has 2 rings (SSSR count). The van der Waals surface area contributed by atoms with Crippen LogP contribution >= 0.6 is 0 Å². The van der Waals surface area contributed by atoms with Crippen LogP contribution in [0.25, 0.3) is 5.78 Å². The van der Waals surface area contributed by atoms with Crippen LogP contribution in [0.5, 0.6) is 5.88 Å². The fourth-order valence-corrected chi connectivity index (χ4v) is 1.46. The van der Waals surface area contributed by atoms with Crippen LogP contribution < -0.4 is 11.3 Å². The molecule has 80 valence electrons. The topological polar surface area (TPSA) is 109 Å². The van der Waals surface area contributed by atoms with Crippen molar-refractivity contribution in [1.82, 2.24) is 19.6 Å². The summed E-state index contributed by atoms with van der Waals surface area (Å²) in [7, 11) is 0. The normalized spacial score (nSPS) is 11.4. The van der Waals surface area contributed by atoms with Gasteiger partial charge in [0.25, 0.3) is 5.56 Å². The van der Waals surface area contributed by atoms with Crippen LogP contribution in [0.3, 0.4) is 0 Å². The third kappa shape index (κ3) is 1.32. The van der Waals surface area contributed by atoms with E-state index >= 15 is 0 Å². The summed E-state index contributed by atoms with van der Waals surface area (Å²) in [4.78, 5) is 17.8. The summed E-state index contributed by atoms with van der Waals surface area (Å²) in [6.07, 6.45) is 0. The van der Waals surface area contributed by atoms with Crippen molar-refractivity contribution < 1.29 is 5.11 Å². The third-order valence-electron chi connectivity index (χ3n) is 2.11. The second kappa shape index (κ2) is 2.97. The van der Waals surface area contributed by atoms with Crippen LogP contribution in [0.2, 0.25) is 0 Å². The van der Waals surface area contributed by atoms with Crippen LogP contribution in [0.15, 0.2) is 4.79 Å². The Morgan fingerprint density at radius 1 is 1.53 bits per heavy atom. The molecule has 0 aromatic carbocycles. The van der Waals surface area contributed by atoms with E-state index in [1.807, 2.05) is 0 Å². The number of nitrogen functional groups attached to an aromatic ring is 1. The standard InChI is InChI=1S/C8H11N5O2/c1-3(2)4-5(14)10-8-11-7(9)12-13(8)6(4)15/h3,15H,1-2H3,(H3,9,10,11,12,14). The molecule has 7 heteroatoms. The summed E-state index contributed by atoms with van der Waals surface area (Å²) < 4.78 is 1.12. The molecule has 0 saturated heterocycles. The summed E-state index contributed by atoms with van der Waals surface area (Å²) in [5.74, 6) is -0.183. The zero-order valence-electron chi connectivity index (χ0n) is 8.35. The summed E-state index contributed by atoms with van der Waals surface area (Å²) in [6.45, 7) is 3.60. The first-order valence-corrected chi connectivity index (χ1v) is 4.48. The van der Waals surface area contributed by atoms with E-state index < -0.39 is 0 Å². The minimum Gasteiger partial charge on any atom is -0.493 e. The van der Waals surface area contributed by atoms with Crippen LogP contribution in [-0.4, -0.2) is 24.7 Å². The molecule has 0 fully saturated rings. The van der Waals surface area contributed by atoms with Crippen molar-refractivity contribution >= 4 is 11.7 Å². The van der Waals surface area contributed by atoms with Gasteiger partial charge in [-0.3, -0.25) is 9.78 Å². The maximum Gasteiger partial charge on any atom is 0.259 e. The van der Waals surface area contributed by atoms with Crippen molar-refractivity contribution in [1.29, 1.82) is 0 Å². The van der Waals surface area contributed by atoms with Crippen LogP contribution in [0.1, 0.15) is 25.3 Å². The highest BCUT2D eigenvalue weighted by molar-refractivity contribution is 5.40. The predicted octanol–water partition coefficient (Wildman–Crippen LogP) is -0.171. The van der Waals surface area contributed by atoms with Gasteiger partial charge in [-0.1, -0.05) is 13.8 Å². The molecule has 0 amide bonds. The number of fused-ring (bicyclic) bond motifs is 1. The number of rotatable bonds is 1. The van der Waals surface area contributed by atoms with Gasteiger partial charge >= 0.3 is 0 Å². The number of aromatic amines is 1. The maximum absolute atomic E-state index is 11.6. The lowest BCUT2D eigenvalue weighted by molar-refractivity contribution is 0.423. The Labute approximate surface area is 84.6 Å². The second-order valence-corrected chi connectivity index (χ2v) is 3.55. The number of nitrogens with two attached hydrogens (primary N) is 1. The van der Waals surface area contributed by atoms with E-state index in [9.17, 15) is 9.90 Å². The molecule has 2 aromatic heterocycles. The molecule has 4 N–H and O–H groups in total. The first kappa shape index (κ1) is 9.50. The maximum atomic E-state index is 11.6. The van der Waals surface area contributed by atoms with Gasteiger partial charge in [0.1, 0.15) is 0 Å². The Hall–Kier alpha value is -2.05. The third-order valence-corrected chi connectivity index (χ3v) is 2.11. The molecule has 0 radical (unpaired) electrons. The lowest BCUT2D eigenvalue weighted by atomic mass is 10.1. The predicted molar refractivity (Wildman–Crippen MR) is 53.8 cm³/mol. The molecular formula is C8H11N5O2. The van der Waals surface area contributed by atoms with Gasteiger partial charge < -0.3 is 10.8 Å². The molecular weight excluding hydrogens is 198 g/mol. The molecule has 15 heavy (non-hydrogen) atoms. The smallest absolute Gasteiger partial charge is 0.259 e. The first-order chi connectivity index (χ1) is 7.00. The molecule has 7 nitrogen and oxygen atoms in total. The van der Waals surface area contributed by atoms with Crippen LogP contribution in [-0.2, 0) is 0 Å². The fourth-order valence-electron chi connectivity index (χ4n) is 1.46. The number of aromatic hydroxyl groups is 1. The minimum atomic E-state index is -0.373. The Balaban J connectivity index is 2.89. The minimum absolute atomic E-state index is 0.00172. The van der Waals surface area contributed by atoms with Crippen molar-refractivity contribution in [3.05, 3.63) is 15.9 Å². The van der Waals surface area contributed by atoms with Crippen molar-refractivity contribution in [3.8, 4) is 5.88 Å². The summed E-state index contributed by atoms with van der Waals surface area (Å²) in [5, 5.41) is 13.6. The molecule has 0 atom stereocenters. The molecule has 0 aliphatic carbocycles. The Morgan fingerprint density at radius 2 is 2.20 bits per heavy atom. The zero-order valence-corrected chi connectivity index (χ0v) is 8.35. The lowest BCUT2D eigenvalue weighted by Gasteiger charge is -2.06.